The summed E-state index contributed by atoms with van der Waals surface area (Å²) in [4.78, 5) is 14.0. The molecule has 11 nitrogen and oxygen atoms in total. The van der Waals surface area contributed by atoms with Crippen molar-refractivity contribution in [2.45, 2.75) is 101 Å². The second-order valence-corrected chi connectivity index (χ2v) is 9.11. The van der Waals surface area contributed by atoms with Crippen molar-refractivity contribution < 1.29 is 48.5 Å². The first-order valence-corrected chi connectivity index (χ1v) is 10.2. The Morgan fingerprint density at radius 1 is 1.00 bits per heavy atom. The molecule has 4 heterocycles. The van der Waals surface area contributed by atoms with Gasteiger partial charge in [-0.15, -0.1) is 0 Å². The van der Waals surface area contributed by atoms with E-state index in [0.29, 0.717) is 0 Å². The number of amides is 1. The van der Waals surface area contributed by atoms with Gasteiger partial charge in [-0.1, -0.05) is 0 Å². The number of ether oxygens (including phenoxy) is 6. The van der Waals surface area contributed by atoms with Gasteiger partial charge in [0.05, 0.1) is 19.2 Å². The van der Waals surface area contributed by atoms with Gasteiger partial charge in [-0.2, -0.15) is 0 Å². The van der Waals surface area contributed by atoms with Crippen LogP contribution in [-0.4, -0.2) is 106 Å². The summed E-state index contributed by atoms with van der Waals surface area (Å²) < 4.78 is 34.7. The van der Waals surface area contributed by atoms with Crippen LogP contribution >= 0.6 is 0 Å². The lowest BCUT2D eigenvalue weighted by Gasteiger charge is -2.37. The van der Waals surface area contributed by atoms with Gasteiger partial charge in [-0.3, -0.25) is 4.79 Å². The normalized spacial score (nSPS) is 44.7. The molecule has 0 bridgehead atoms. The van der Waals surface area contributed by atoms with E-state index in [-0.39, 0.29) is 12.5 Å². The number of carbonyl (C=O) groups is 1. The predicted molar refractivity (Wildman–Crippen MR) is 97.7 cm³/mol. The number of rotatable bonds is 5. The van der Waals surface area contributed by atoms with E-state index in [0.717, 1.165) is 0 Å². The molecule has 0 unspecified atom stereocenters. The third-order valence-corrected chi connectivity index (χ3v) is 5.87. The molecule has 4 rings (SSSR count). The van der Waals surface area contributed by atoms with Crippen LogP contribution in [0.4, 0.5) is 0 Å². The first-order chi connectivity index (χ1) is 13.9. The smallest absolute Gasteiger partial charge is 0.219 e. The van der Waals surface area contributed by atoms with Gasteiger partial charge in [-0.25, -0.2) is 0 Å². The number of hydrogen-bond acceptors (Lipinski definition) is 10. The average molecular weight is 433 g/mol. The predicted octanol–water partition coefficient (Wildman–Crippen LogP) is -1.33. The zero-order valence-corrected chi connectivity index (χ0v) is 17.8. The number of aliphatic hydroxyl groups is 3. The zero-order chi connectivity index (χ0) is 22.0. The first kappa shape index (κ1) is 22.3. The summed E-state index contributed by atoms with van der Waals surface area (Å²) in [6, 6.07) is -0.758. The number of hydrogen-bond donors (Lipinski definition) is 3. The summed E-state index contributed by atoms with van der Waals surface area (Å²) in [6.45, 7) is 7.72. The van der Waals surface area contributed by atoms with Gasteiger partial charge < -0.3 is 48.6 Å². The molecule has 172 valence electrons. The van der Waals surface area contributed by atoms with Crippen molar-refractivity contribution in [1.82, 2.24) is 4.90 Å². The Morgan fingerprint density at radius 2 is 1.57 bits per heavy atom. The molecule has 0 radical (unpaired) electrons. The number of carbonyl (C=O) groups excluding carboxylic acids is 1. The molecular weight excluding hydrogens is 402 g/mol. The monoisotopic (exact) mass is 433 g/mol. The van der Waals surface area contributed by atoms with Crippen molar-refractivity contribution in [1.29, 1.82) is 0 Å². The summed E-state index contributed by atoms with van der Waals surface area (Å²) in [5.74, 6) is -2.13. The quantitative estimate of drug-likeness (QED) is 0.478. The van der Waals surface area contributed by atoms with Gasteiger partial charge in [-0.05, 0) is 27.7 Å². The summed E-state index contributed by atoms with van der Waals surface area (Å²) in [5, 5.41) is 30.5. The Kier molecular flexibility index (Phi) is 5.66. The molecule has 4 aliphatic heterocycles. The van der Waals surface area contributed by atoms with Gasteiger partial charge in [0.2, 0.25) is 5.91 Å². The molecule has 0 aliphatic carbocycles. The molecule has 3 N–H and O–H groups in total. The van der Waals surface area contributed by atoms with E-state index in [1.165, 1.54) is 11.8 Å². The summed E-state index contributed by atoms with van der Waals surface area (Å²) >= 11 is 0. The molecule has 9 atom stereocenters. The fourth-order valence-corrected chi connectivity index (χ4v) is 4.66. The zero-order valence-electron chi connectivity index (χ0n) is 17.8. The second-order valence-electron chi connectivity index (χ2n) is 9.11. The lowest BCUT2D eigenvalue weighted by atomic mass is 9.99. The third-order valence-electron chi connectivity index (χ3n) is 5.87. The van der Waals surface area contributed by atoms with E-state index < -0.39 is 73.4 Å². The van der Waals surface area contributed by atoms with Gasteiger partial charge in [0.1, 0.15) is 36.6 Å². The standard InChI is InChI=1S/C19H31NO10/c1-8(22)20(6-10-12(24)15-17(25-10)30-19(4,5)28-15)11-13(9(23)7-21)26-16-14(11)27-18(2,3)29-16/h9-17,21,23-24H,6-7H2,1-5H3/t9-,10-,11-,12+,13-,14-,15-,16-,17-/m1/s1. The van der Waals surface area contributed by atoms with Crippen LogP contribution in [0.25, 0.3) is 0 Å². The van der Waals surface area contributed by atoms with E-state index in [9.17, 15) is 20.1 Å². The molecule has 1 amide bonds. The highest BCUT2D eigenvalue weighted by Crippen LogP contribution is 2.42. The molecule has 4 saturated heterocycles. The van der Waals surface area contributed by atoms with E-state index in [2.05, 4.69) is 0 Å². The van der Waals surface area contributed by atoms with Crippen LogP contribution in [0.5, 0.6) is 0 Å². The highest BCUT2D eigenvalue weighted by Gasteiger charge is 2.60. The number of nitrogens with zero attached hydrogens (tertiary/aromatic N) is 1. The van der Waals surface area contributed by atoms with Crippen molar-refractivity contribution in [2.24, 2.45) is 0 Å². The minimum Gasteiger partial charge on any atom is -0.394 e. The maximum Gasteiger partial charge on any atom is 0.219 e. The van der Waals surface area contributed by atoms with Crippen molar-refractivity contribution in [3.63, 3.8) is 0 Å². The highest BCUT2D eigenvalue weighted by atomic mass is 16.8. The molecule has 0 aromatic heterocycles. The summed E-state index contributed by atoms with van der Waals surface area (Å²) in [7, 11) is 0. The largest absolute Gasteiger partial charge is 0.394 e. The minimum absolute atomic E-state index is 0.00761. The van der Waals surface area contributed by atoms with Crippen LogP contribution in [0.3, 0.4) is 0 Å². The third kappa shape index (κ3) is 3.87. The molecule has 4 aliphatic rings. The van der Waals surface area contributed by atoms with Gasteiger partial charge >= 0.3 is 0 Å². The molecule has 0 spiro atoms. The highest BCUT2D eigenvalue weighted by molar-refractivity contribution is 5.74. The van der Waals surface area contributed by atoms with Crippen LogP contribution in [0.15, 0.2) is 0 Å². The Hall–Kier alpha value is -0.890. The SMILES string of the molecule is CC(=O)N(C[C@H]1O[C@@H]2OC(C)(C)O[C@@H]2[C@H]1O)[C@H]1[C@H]2OC(C)(C)O[C@H]2O[C@@H]1[C@H](O)CO. The van der Waals surface area contributed by atoms with Crippen LogP contribution in [-0.2, 0) is 33.2 Å². The van der Waals surface area contributed by atoms with Crippen molar-refractivity contribution >= 4 is 5.91 Å². The maximum atomic E-state index is 12.6. The Balaban J connectivity index is 1.55. The first-order valence-electron chi connectivity index (χ1n) is 10.2. The molecule has 30 heavy (non-hydrogen) atoms. The van der Waals surface area contributed by atoms with E-state index in [1.54, 1.807) is 27.7 Å². The molecule has 0 aromatic rings. The van der Waals surface area contributed by atoms with E-state index >= 15 is 0 Å². The fraction of sp³-hybridized carbons (Fsp3) is 0.947. The Labute approximate surface area is 174 Å². The van der Waals surface area contributed by atoms with Crippen molar-refractivity contribution in [2.75, 3.05) is 13.2 Å². The Morgan fingerprint density at radius 3 is 2.10 bits per heavy atom. The molecule has 0 aromatic carbocycles. The molecular formula is C19H31NO10. The van der Waals surface area contributed by atoms with Crippen molar-refractivity contribution in [3.05, 3.63) is 0 Å². The topological polar surface area (TPSA) is 136 Å². The minimum atomic E-state index is -1.25. The van der Waals surface area contributed by atoms with Gasteiger partial charge in [0.25, 0.3) is 0 Å². The fourth-order valence-electron chi connectivity index (χ4n) is 4.66. The number of fused-ring (bicyclic) bond motifs is 2. The number of aliphatic hydroxyl groups excluding tert-OH is 3. The van der Waals surface area contributed by atoms with Gasteiger partial charge in [0, 0.05) is 6.92 Å². The lowest BCUT2D eigenvalue weighted by molar-refractivity contribution is -0.227. The lowest BCUT2D eigenvalue weighted by Crippen LogP contribution is -2.57. The van der Waals surface area contributed by atoms with Crippen LogP contribution in [0.1, 0.15) is 34.6 Å². The van der Waals surface area contributed by atoms with Crippen LogP contribution < -0.4 is 0 Å². The molecule has 4 fully saturated rings. The summed E-state index contributed by atoms with van der Waals surface area (Å²) in [5.41, 5.74) is 0. The molecule has 0 saturated carbocycles. The van der Waals surface area contributed by atoms with Crippen LogP contribution in [0, 0.1) is 0 Å². The van der Waals surface area contributed by atoms with Crippen LogP contribution in [0.2, 0.25) is 0 Å². The van der Waals surface area contributed by atoms with E-state index in [4.69, 9.17) is 28.4 Å². The van der Waals surface area contributed by atoms with Crippen molar-refractivity contribution in [3.8, 4) is 0 Å². The maximum absolute atomic E-state index is 12.6. The summed E-state index contributed by atoms with van der Waals surface area (Å²) in [6.07, 6.45) is -6.88. The Bertz CT molecular complexity index is 672. The average Bonchev–Trinajstić information content (AvgIpc) is 3.29. The molecule has 11 heteroatoms. The second kappa shape index (κ2) is 7.61. The van der Waals surface area contributed by atoms with E-state index in [1.807, 2.05) is 0 Å². The van der Waals surface area contributed by atoms with Gasteiger partial charge in [0.15, 0.2) is 24.2 Å².